The minimum Gasteiger partial charge on any atom is -0.361 e. The quantitative estimate of drug-likeness (QED) is 0.184. The third kappa shape index (κ3) is 10.6. The normalized spacial score (nSPS) is 17.7. The van der Waals surface area contributed by atoms with Gasteiger partial charge in [0.25, 0.3) is 0 Å². The van der Waals surface area contributed by atoms with Crippen LogP contribution in [0.15, 0.2) is 60.3 Å². The molecule has 2 aromatic rings. The summed E-state index contributed by atoms with van der Waals surface area (Å²) in [6, 6.07) is 6.50. The summed E-state index contributed by atoms with van der Waals surface area (Å²) in [6.45, 7) is 4.24. The number of likely N-dealkylation sites (N-methyl/N-ethyl adjacent to an activating group) is 1. The predicted octanol–water partition coefficient (Wildman–Crippen LogP) is 9.02. The Hall–Kier alpha value is -3.36. The number of aromatic nitrogens is 1. The number of halogens is 6. The largest absolute Gasteiger partial charge is 0.418 e. The Morgan fingerprint density at radius 3 is 2.13 bits per heavy atom. The van der Waals surface area contributed by atoms with Crippen molar-refractivity contribution < 1.29 is 26.3 Å². The summed E-state index contributed by atoms with van der Waals surface area (Å²) in [7, 11) is 1.97. The van der Waals surface area contributed by atoms with Crippen LogP contribution in [0.5, 0.6) is 0 Å². The van der Waals surface area contributed by atoms with Gasteiger partial charge in [-0.2, -0.15) is 31.6 Å². The summed E-state index contributed by atoms with van der Waals surface area (Å²) >= 11 is 0. The van der Waals surface area contributed by atoms with E-state index in [0.717, 1.165) is 55.8 Å². The summed E-state index contributed by atoms with van der Waals surface area (Å²) in [5, 5.41) is 9.30. The van der Waals surface area contributed by atoms with Crippen molar-refractivity contribution in [1.29, 1.82) is 5.26 Å². The molecular weight excluding hydrogens is 604 g/mol. The minimum atomic E-state index is -4.77. The van der Waals surface area contributed by atoms with Crippen LogP contribution in [-0.4, -0.2) is 47.5 Å². The average Bonchev–Trinajstić information content (AvgIpc) is 3.46. The van der Waals surface area contributed by atoms with Crippen LogP contribution >= 0.6 is 0 Å². The van der Waals surface area contributed by atoms with Gasteiger partial charge in [0.15, 0.2) is 0 Å². The topological polar surface area (TPSA) is 69.2 Å². The molecule has 46 heavy (non-hydrogen) atoms. The van der Waals surface area contributed by atoms with Crippen LogP contribution in [0.4, 0.5) is 26.3 Å². The number of rotatable bonds is 12. The van der Waals surface area contributed by atoms with Gasteiger partial charge in [-0.1, -0.05) is 76.2 Å². The molecule has 5 nitrogen and oxygen atoms in total. The molecule has 2 N–H and O–H groups in total. The van der Waals surface area contributed by atoms with Gasteiger partial charge in [0, 0.05) is 18.8 Å². The fraction of sp³-hybridized carbons (Fsp3) is 0.543. The van der Waals surface area contributed by atoms with Crippen LogP contribution in [0.3, 0.4) is 0 Å². The van der Waals surface area contributed by atoms with E-state index in [1.165, 1.54) is 63.5 Å². The zero-order valence-electron chi connectivity index (χ0n) is 26.7. The molecule has 0 amide bonds. The molecule has 0 spiro atoms. The second-order valence-electron chi connectivity index (χ2n) is 11.9. The third-order valence-electron chi connectivity index (χ3n) is 8.39. The maximum absolute atomic E-state index is 14.0. The SMILES string of the molecule is CCCCCCCCCCN.CN1CCC[C@H]1C1=CN(C(c2ccc(C(F)(F)F)cc2)c2nc(C#N)ccc2C(F)(F)F)CC=C1. The van der Waals surface area contributed by atoms with Gasteiger partial charge >= 0.3 is 12.4 Å². The van der Waals surface area contributed by atoms with Crippen molar-refractivity contribution in [2.24, 2.45) is 5.73 Å². The molecule has 0 bridgehead atoms. The maximum Gasteiger partial charge on any atom is 0.418 e. The number of nitrogens with two attached hydrogens (primary N) is 1. The molecule has 252 valence electrons. The number of hydrogen-bond donors (Lipinski definition) is 1. The first-order valence-corrected chi connectivity index (χ1v) is 16.1. The molecule has 2 aliphatic rings. The van der Waals surface area contributed by atoms with Gasteiger partial charge < -0.3 is 10.6 Å². The van der Waals surface area contributed by atoms with Gasteiger partial charge in [0.05, 0.1) is 22.9 Å². The summed E-state index contributed by atoms with van der Waals surface area (Å²) in [6.07, 6.45) is 9.00. The molecule has 1 aromatic heterocycles. The van der Waals surface area contributed by atoms with Crippen molar-refractivity contribution in [2.75, 3.05) is 26.7 Å². The Morgan fingerprint density at radius 1 is 0.935 bits per heavy atom. The Morgan fingerprint density at radius 2 is 1.59 bits per heavy atom. The molecule has 0 aliphatic carbocycles. The molecule has 3 heterocycles. The summed E-state index contributed by atoms with van der Waals surface area (Å²) in [4.78, 5) is 7.81. The highest BCUT2D eigenvalue weighted by molar-refractivity contribution is 5.41. The highest BCUT2D eigenvalue weighted by atomic mass is 19.4. The number of nitrogens with zero attached hydrogens (tertiary/aromatic N) is 4. The molecule has 0 radical (unpaired) electrons. The Bertz CT molecular complexity index is 1320. The molecular formula is C35H45F6N5. The Labute approximate surface area is 268 Å². The lowest BCUT2D eigenvalue weighted by Crippen LogP contribution is -2.33. The molecule has 1 aromatic carbocycles. The van der Waals surface area contributed by atoms with E-state index in [0.29, 0.717) is 0 Å². The molecule has 1 unspecified atom stereocenters. The van der Waals surface area contributed by atoms with Crippen LogP contribution in [0.2, 0.25) is 0 Å². The fourth-order valence-corrected chi connectivity index (χ4v) is 5.93. The number of nitriles is 1. The van der Waals surface area contributed by atoms with Crippen LogP contribution in [-0.2, 0) is 12.4 Å². The third-order valence-corrected chi connectivity index (χ3v) is 8.39. The lowest BCUT2D eigenvalue weighted by Gasteiger charge is -2.35. The smallest absolute Gasteiger partial charge is 0.361 e. The fourth-order valence-electron chi connectivity index (χ4n) is 5.93. The van der Waals surface area contributed by atoms with Gasteiger partial charge in [-0.05, 0) is 74.8 Å². The summed E-state index contributed by atoms with van der Waals surface area (Å²) < 4.78 is 81.4. The van der Waals surface area contributed by atoms with E-state index in [4.69, 9.17) is 5.73 Å². The lowest BCUT2D eigenvalue weighted by atomic mass is 9.94. The molecule has 2 atom stereocenters. The Balaban J connectivity index is 0.000000449. The van der Waals surface area contributed by atoms with Crippen molar-refractivity contribution in [3.8, 4) is 6.07 Å². The van der Waals surface area contributed by atoms with Crippen molar-refractivity contribution in [3.05, 3.63) is 88.4 Å². The Kier molecular flexibility index (Phi) is 14.1. The molecule has 1 fully saturated rings. The first kappa shape index (κ1) is 37.1. The number of alkyl halides is 6. The van der Waals surface area contributed by atoms with E-state index >= 15 is 0 Å². The zero-order valence-corrected chi connectivity index (χ0v) is 26.7. The molecule has 4 rings (SSSR count). The van der Waals surface area contributed by atoms with Crippen LogP contribution < -0.4 is 5.73 Å². The minimum absolute atomic E-state index is 0.0859. The predicted molar refractivity (Wildman–Crippen MR) is 168 cm³/mol. The van der Waals surface area contributed by atoms with Gasteiger partial charge in [0.1, 0.15) is 11.8 Å². The average molecular weight is 650 g/mol. The maximum atomic E-state index is 14.0. The zero-order chi connectivity index (χ0) is 33.7. The summed E-state index contributed by atoms with van der Waals surface area (Å²) in [5.74, 6) is 0. The highest BCUT2D eigenvalue weighted by Gasteiger charge is 2.39. The number of hydrogen-bond acceptors (Lipinski definition) is 5. The molecule has 2 aliphatic heterocycles. The standard InChI is InChI=1S/C25H22F6N4.C10H23N/c1-34-12-3-5-21(34)17-4-2-13-35(15-17)23(16-6-8-18(9-7-16)24(26,27)28)22-20(25(29,30)31)11-10-19(14-32)33-22;1-2-3-4-5-6-7-8-9-10-11/h2,4,6-11,15,21,23H,3,5,12-13H2,1H3;2-11H2,1H3/t21-,23?;/m0./s1. The second-order valence-corrected chi connectivity index (χ2v) is 11.9. The first-order valence-electron chi connectivity index (χ1n) is 16.1. The monoisotopic (exact) mass is 649 g/mol. The van der Waals surface area contributed by atoms with E-state index in [-0.39, 0.29) is 23.8 Å². The van der Waals surface area contributed by atoms with Gasteiger partial charge in [-0.25, -0.2) is 4.98 Å². The molecule has 0 saturated carbocycles. The number of likely N-dealkylation sites (tertiary alicyclic amines) is 1. The number of pyridine rings is 1. The second kappa shape index (κ2) is 17.5. The van der Waals surface area contributed by atoms with E-state index in [9.17, 15) is 31.6 Å². The highest BCUT2D eigenvalue weighted by Crippen LogP contribution is 2.40. The van der Waals surface area contributed by atoms with Crippen LogP contribution in [0.25, 0.3) is 0 Å². The van der Waals surface area contributed by atoms with Crippen molar-refractivity contribution in [1.82, 2.24) is 14.8 Å². The summed E-state index contributed by atoms with van der Waals surface area (Å²) in [5.41, 5.74) is 3.91. The number of unbranched alkanes of at least 4 members (excludes halogenated alkanes) is 7. The number of benzene rings is 1. The van der Waals surface area contributed by atoms with E-state index < -0.39 is 35.2 Å². The van der Waals surface area contributed by atoms with Crippen molar-refractivity contribution >= 4 is 0 Å². The van der Waals surface area contributed by atoms with E-state index in [1.54, 1.807) is 17.2 Å². The van der Waals surface area contributed by atoms with Crippen LogP contribution in [0.1, 0.15) is 105 Å². The van der Waals surface area contributed by atoms with E-state index in [2.05, 4.69) is 16.8 Å². The van der Waals surface area contributed by atoms with Gasteiger partial charge in [-0.3, -0.25) is 4.90 Å². The van der Waals surface area contributed by atoms with Crippen molar-refractivity contribution in [2.45, 2.75) is 95.6 Å². The van der Waals surface area contributed by atoms with Crippen LogP contribution in [0, 0.1) is 11.3 Å². The first-order chi connectivity index (χ1) is 21.9. The lowest BCUT2D eigenvalue weighted by molar-refractivity contribution is -0.139. The van der Waals surface area contributed by atoms with Gasteiger partial charge in [0.2, 0.25) is 0 Å². The van der Waals surface area contributed by atoms with Gasteiger partial charge in [-0.15, -0.1) is 0 Å². The van der Waals surface area contributed by atoms with Crippen molar-refractivity contribution in [3.63, 3.8) is 0 Å². The van der Waals surface area contributed by atoms with E-state index in [1.807, 2.05) is 19.2 Å². The molecule has 1 saturated heterocycles. The molecule has 11 heteroatoms.